The van der Waals surface area contributed by atoms with Crippen molar-refractivity contribution in [3.63, 3.8) is 0 Å². The summed E-state index contributed by atoms with van der Waals surface area (Å²) in [6.45, 7) is 8.23. The summed E-state index contributed by atoms with van der Waals surface area (Å²) in [5, 5.41) is 3.27. The number of benzene rings is 2. The normalized spacial score (nSPS) is 9.96. The Balaban J connectivity index is 1.94. The van der Waals surface area contributed by atoms with Crippen LogP contribution in [-0.2, 0) is 6.42 Å². The first-order valence-corrected chi connectivity index (χ1v) is 8.10. The molecule has 0 aliphatic heterocycles. The minimum absolute atomic E-state index is 0.707. The number of unbranched alkanes of at least 4 members (excludes halogenated alkanes) is 1. The Hall–Kier alpha value is -2.92. The monoisotopic (exact) mass is 316 g/mol. The Labute approximate surface area is 145 Å². The van der Waals surface area contributed by atoms with Crippen LogP contribution in [0.25, 0.3) is 5.70 Å². The van der Waals surface area contributed by atoms with E-state index in [0.29, 0.717) is 5.69 Å². The fourth-order valence-electron chi connectivity index (χ4n) is 2.49. The van der Waals surface area contributed by atoms with Gasteiger partial charge in [-0.05, 0) is 42.5 Å². The van der Waals surface area contributed by atoms with E-state index < -0.39 is 0 Å². The number of rotatable bonds is 8. The van der Waals surface area contributed by atoms with Gasteiger partial charge in [-0.2, -0.15) is 0 Å². The fourth-order valence-corrected chi connectivity index (χ4v) is 2.49. The molecule has 0 aromatic heterocycles. The molecule has 0 amide bonds. The van der Waals surface area contributed by atoms with Crippen molar-refractivity contribution < 1.29 is 0 Å². The molecule has 0 bridgehead atoms. The number of terminal acetylenes is 1. The standard InChI is InChI=1S/C22H24N2/c1-4-5-6-9-17(2)16-19-12-14-20(15-13-19)18(3)24-22-11-8-7-10-21(22)23/h1,7-8,10-15,24H,2-3,5-6,9,16,23H2. The lowest BCUT2D eigenvalue weighted by Gasteiger charge is -2.12. The molecule has 2 nitrogen and oxygen atoms in total. The Kier molecular flexibility index (Phi) is 6.28. The van der Waals surface area contributed by atoms with Gasteiger partial charge >= 0.3 is 0 Å². The number of anilines is 2. The van der Waals surface area contributed by atoms with Gasteiger partial charge < -0.3 is 11.1 Å². The molecule has 2 heteroatoms. The van der Waals surface area contributed by atoms with Crippen molar-refractivity contribution in [3.8, 4) is 12.3 Å². The quantitative estimate of drug-likeness (QED) is 0.302. The molecule has 122 valence electrons. The van der Waals surface area contributed by atoms with Crippen LogP contribution < -0.4 is 11.1 Å². The molecule has 0 unspecified atom stereocenters. The van der Waals surface area contributed by atoms with Gasteiger partial charge in [-0.1, -0.05) is 55.1 Å². The molecule has 0 aliphatic rings. The largest absolute Gasteiger partial charge is 0.397 e. The topological polar surface area (TPSA) is 38.0 Å². The second-order valence-corrected chi connectivity index (χ2v) is 5.87. The molecule has 0 heterocycles. The van der Waals surface area contributed by atoms with Crippen molar-refractivity contribution >= 4 is 17.1 Å². The lowest BCUT2D eigenvalue weighted by molar-refractivity contribution is 0.826. The second kappa shape index (κ2) is 8.64. The summed E-state index contributed by atoms with van der Waals surface area (Å²) < 4.78 is 0. The molecule has 0 saturated carbocycles. The number of nitrogen functional groups attached to an aromatic ring is 1. The van der Waals surface area contributed by atoms with Crippen molar-refractivity contribution in [2.75, 3.05) is 11.1 Å². The predicted octanol–water partition coefficient (Wildman–Crippen LogP) is 5.25. The van der Waals surface area contributed by atoms with Gasteiger partial charge in [-0.25, -0.2) is 0 Å². The van der Waals surface area contributed by atoms with E-state index in [1.165, 1.54) is 11.1 Å². The summed E-state index contributed by atoms with van der Waals surface area (Å²) in [5.74, 6) is 2.66. The average molecular weight is 316 g/mol. The van der Waals surface area contributed by atoms with Crippen molar-refractivity contribution in [1.29, 1.82) is 0 Å². The molecule has 2 aromatic rings. The maximum absolute atomic E-state index is 5.95. The maximum Gasteiger partial charge on any atom is 0.0617 e. The van der Waals surface area contributed by atoms with Crippen LogP contribution >= 0.6 is 0 Å². The Morgan fingerprint density at radius 3 is 2.46 bits per heavy atom. The highest BCUT2D eigenvalue weighted by molar-refractivity contribution is 5.80. The number of hydrogen-bond acceptors (Lipinski definition) is 2. The highest BCUT2D eigenvalue weighted by Crippen LogP contribution is 2.23. The van der Waals surface area contributed by atoms with Crippen molar-refractivity contribution in [2.45, 2.75) is 25.7 Å². The van der Waals surface area contributed by atoms with Gasteiger partial charge in [-0.3, -0.25) is 0 Å². The van der Waals surface area contributed by atoms with Gasteiger partial charge in [0.25, 0.3) is 0 Å². The van der Waals surface area contributed by atoms with Crippen LogP contribution in [0, 0.1) is 12.3 Å². The zero-order chi connectivity index (χ0) is 17.4. The highest BCUT2D eigenvalue weighted by atomic mass is 14.9. The number of hydrogen-bond donors (Lipinski definition) is 2. The van der Waals surface area contributed by atoms with Gasteiger partial charge in [0.2, 0.25) is 0 Å². The predicted molar refractivity (Wildman–Crippen MR) is 105 cm³/mol. The lowest BCUT2D eigenvalue weighted by atomic mass is 10.0. The van der Waals surface area contributed by atoms with Crippen LogP contribution in [0.15, 0.2) is 67.3 Å². The molecular formula is C22H24N2. The summed E-state index contributed by atoms with van der Waals surface area (Å²) in [6.07, 6.45) is 8.96. The number of nitrogens with one attached hydrogen (secondary N) is 1. The minimum Gasteiger partial charge on any atom is -0.397 e. The van der Waals surface area contributed by atoms with E-state index in [0.717, 1.165) is 42.6 Å². The zero-order valence-corrected chi connectivity index (χ0v) is 14.0. The fraction of sp³-hybridized carbons (Fsp3) is 0.182. The van der Waals surface area contributed by atoms with Gasteiger partial charge in [0.1, 0.15) is 0 Å². The molecular weight excluding hydrogens is 292 g/mol. The number of nitrogens with two attached hydrogens (primary N) is 1. The summed E-state index contributed by atoms with van der Waals surface area (Å²) in [4.78, 5) is 0. The van der Waals surface area contributed by atoms with Crippen LogP contribution in [0.3, 0.4) is 0 Å². The molecule has 0 fully saturated rings. The van der Waals surface area contributed by atoms with E-state index in [4.69, 9.17) is 12.2 Å². The van der Waals surface area contributed by atoms with E-state index >= 15 is 0 Å². The van der Waals surface area contributed by atoms with Gasteiger partial charge in [-0.15, -0.1) is 12.3 Å². The number of allylic oxidation sites excluding steroid dienone is 1. The average Bonchev–Trinajstić information content (AvgIpc) is 2.58. The van der Waals surface area contributed by atoms with Gasteiger partial charge in [0.05, 0.1) is 11.4 Å². The Bertz CT molecular complexity index is 748. The van der Waals surface area contributed by atoms with Gasteiger partial charge in [0.15, 0.2) is 0 Å². The van der Waals surface area contributed by atoms with E-state index in [1.807, 2.05) is 24.3 Å². The molecule has 0 atom stereocenters. The first-order chi connectivity index (χ1) is 11.6. The molecule has 24 heavy (non-hydrogen) atoms. The summed E-state index contributed by atoms with van der Waals surface area (Å²) >= 11 is 0. The summed E-state index contributed by atoms with van der Waals surface area (Å²) in [5.41, 5.74) is 11.9. The third-order valence-electron chi connectivity index (χ3n) is 3.85. The summed E-state index contributed by atoms with van der Waals surface area (Å²) in [7, 11) is 0. The van der Waals surface area contributed by atoms with Gasteiger partial charge in [0, 0.05) is 12.1 Å². The van der Waals surface area contributed by atoms with Crippen LogP contribution in [0.1, 0.15) is 30.4 Å². The minimum atomic E-state index is 0.707. The van der Waals surface area contributed by atoms with E-state index in [1.54, 1.807) is 0 Å². The van der Waals surface area contributed by atoms with Crippen LogP contribution in [-0.4, -0.2) is 0 Å². The molecule has 2 aromatic carbocycles. The first kappa shape index (κ1) is 17.4. The highest BCUT2D eigenvalue weighted by Gasteiger charge is 2.03. The Morgan fingerprint density at radius 2 is 1.79 bits per heavy atom. The Morgan fingerprint density at radius 1 is 1.08 bits per heavy atom. The maximum atomic E-state index is 5.95. The van der Waals surface area contributed by atoms with E-state index in [9.17, 15) is 0 Å². The van der Waals surface area contributed by atoms with Crippen LogP contribution in [0.2, 0.25) is 0 Å². The molecule has 0 saturated heterocycles. The molecule has 0 spiro atoms. The molecule has 3 N–H and O–H groups in total. The molecule has 2 rings (SSSR count). The second-order valence-electron chi connectivity index (χ2n) is 5.87. The van der Waals surface area contributed by atoms with Crippen molar-refractivity contribution in [3.05, 3.63) is 78.4 Å². The third kappa shape index (κ3) is 5.07. The van der Waals surface area contributed by atoms with E-state index in [2.05, 4.69) is 48.7 Å². The molecule has 0 aliphatic carbocycles. The SMILES string of the molecule is C#CCCCC(=C)Cc1ccc(C(=C)Nc2ccccc2N)cc1. The van der Waals surface area contributed by atoms with Crippen molar-refractivity contribution in [2.24, 2.45) is 0 Å². The summed E-state index contributed by atoms with van der Waals surface area (Å²) in [6, 6.07) is 16.0. The lowest BCUT2D eigenvalue weighted by Crippen LogP contribution is -2.01. The number of para-hydroxylation sites is 2. The first-order valence-electron chi connectivity index (χ1n) is 8.10. The smallest absolute Gasteiger partial charge is 0.0617 e. The van der Waals surface area contributed by atoms with E-state index in [-0.39, 0.29) is 0 Å². The van der Waals surface area contributed by atoms with Crippen molar-refractivity contribution in [1.82, 2.24) is 0 Å². The molecule has 0 radical (unpaired) electrons. The van der Waals surface area contributed by atoms with Crippen LogP contribution in [0.4, 0.5) is 11.4 Å². The third-order valence-corrected chi connectivity index (χ3v) is 3.85. The zero-order valence-electron chi connectivity index (χ0n) is 14.0. The van der Waals surface area contributed by atoms with Crippen LogP contribution in [0.5, 0.6) is 0 Å².